The van der Waals surface area contributed by atoms with Crippen molar-refractivity contribution < 1.29 is 14.4 Å². The number of aromatic nitrogens is 1. The van der Waals surface area contributed by atoms with Gasteiger partial charge < -0.3 is 16.0 Å². The molecule has 1 aromatic carbocycles. The van der Waals surface area contributed by atoms with E-state index in [1.165, 1.54) is 13.1 Å². The Morgan fingerprint density at radius 1 is 1.17 bits per heavy atom. The van der Waals surface area contributed by atoms with Crippen LogP contribution in [0.4, 0.5) is 0 Å². The van der Waals surface area contributed by atoms with Gasteiger partial charge in [0.05, 0.1) is 6.54 Å². The van der Waals surface area contributed by atoms with Gasteiger partial charge in [-0.05, 0) is 24.1 Å². The van der Waals surface area contributed by atoms with E-state index in [0.29, 0.717) is 37.3 Å². The summed E-state index contributed by atoms with van der Waals surface area (Å²) in [5, 5.41) is 8.25. The molecule has 8 nitrogen and oxygen atoms in total. The highest BCUT2D eigenvalue weighted by atomic mass is 16.2. The van der Waals surface area contributed by atoms with Gasteiger partial charge in [-0.2, -0.15) is 0 Å². The summed E-state index contributed by atoms with van der Waals surface area (Å²) in [6.45, 7) is 3.11. The Morgan fingerprint density at radius 3 is 2.70 bits per heavy atom. The Kier molecular flexibility index (Phi) is 7.51. The van der Waals surface area contributed by atoms with Crippen molar-refractivity contribution in [1.29, 1.82) is 0 Å². The summed E-state index contributed by atoms with van der Waals surface area (Å²) in [6, 6.07) is 13.0. The number of piperazine rings is 1. The first-order chi connectivity index (χ1) is 14.5. The second kappa shape index (κ2) is 10.5. The van der Waals surface area contributed by atoms with Gasteiger partial charge in [-0.3, -0.25) is 19.3 Å². The van der Waals surface area contributed by atoms with Gasteiger partial charge in [-0.15, -0.1) is 0 Å². The molecular formula is C22H27N5O3. The fourth-order valence-electron chi connectivity index (χ4n) is 3.35. The van der Waals surface area contributed by atoms with E-state index in [9.17, 15) is 14.4 Å². The molecule has 2 aromatic rings. The SMILES string of the molecule is CNC(=O)c1cc(C(=O)NCCCN2CCNC(=O)C2)cc(Cc2ccccc2)n1. The molecule has 0 saturated carbocycles. The van der Waals surface area contributed by atoms with E-state index in [1.807, 2.05) is 30.3 Å². The molecule has 1 aliphatic rings. The van der Waals surface area contributed by atoms with Crippen LogP contribution in [0.5, 0.6) is 0 Å². The summed E-state index contributed by atoms with van der Waals surface area (Å²) in [4.78, 5) is 42.7. The predicted molar refractivity (Wildman–Crippen MR) is 113 cm³/mol. The summed E-state index contributed by atoms with van der Waals surface area (Å²) in [5.74, 6) is -0.537. The van der Waals surface area contributed by atoms with Gasteiger partial charge in [0.15, 0.2) is 0 Å². The minimum atomic E-state index is -0.331. The van der Waals surface area contributed by atoms with Crippen LogP contribution in [0.2, 0.25) is 0 Å². The minimum Gasteiger partial charge on any atom is -0.354 e. The Labute approximate surface area is 176 Å². The van der Waals surface area contributed by atoms with E-state index >= 15 is 0 Å². The number of pyridine rings is 1. The number of carbonyl (C=O) groups excluding carboxylic acids is 3. The standard InChI is InChI=1S/C22H27N5O3/c1-23-22(30)19-14-17(13-18(26-19)12-16-6-3-2-4-7-16)21(29)25-8-5-10-27-11-9-24-20(28)15-27/h2-4,6-7,13-14H,5,8-12,15H2,1H3,(H,23,30)(H,24,28)(H,25,29). The van der Waals surface area contributed by atoms with E-state index in [0.717, 1.165) is 25.1 Å². The zero-order valence-electron chi connectivity index (χ0n) is 17.1. The topological polar surface area (TPSA) is 103 Å². The van der Waals surface area contributed by atoms with Crippen LogP contribution in [-0.2, 0) is 11.2 Å². The molecule has 8 heteroatoms. The van der Waals surface area contributed by atoms with E-state index in [1.54, 1.807) is 6.07 Å². The summed E-state index contributed by atoms with van der Waals surface area (Å²) >= 11 is 0. The molecule has 1 aromatic heterocycles. The van der Waals surface area contributed by atoms with Crippen molar-refractivity contribution in [2.24, 2.45) is 0 Å². The maximum atomic E-state index is 12.7. The summed E-state index contributed by atoms with van der Waals surface area (Å²) in [5.41, 5.74) is 2.34. The van der Waals surface area contributed by atoms with Crippen molar-refractivity contribution in [2.75, 3.05) is 39.8 Å². The molecule has 30 heavy (non-hydrogen) atoms. The molecule has 1 fully saturated rings. The smallest absolute Gasteiger partial charge is 0.269 e. The first-order valence-corrected chi connectivity index (χ1v) is 10.1. The third kappa shape index (κ3) is 6.12. The molecule has 0 bridgehead atoms. The third-order valence-corrected chi connectivity index (χ3v) is 4.88. The van der Waals surface area contributed by atoms with Crippen molar-refractivity contribution in [3.63, 3.8) is 0 Å². The lowest BCUT2D eigenvalue weighted by atomic mass is 10.1. The lowest BCUT2D eigenvalue weighted by molar-refractivity contribution is -0.124. The average molecular weight is 409 g/mol. The molecule has 2 heterocycles. The number of benzene rings is 1. The number of carbonyl (C=O) groups is 3. The molecule has 0 atom stereocenters. The number of hydrogen-bond donors (Lipinski definition) is 3. The molecule has 1 aliphatic heterocycles. The Hall–Kier alpha value is -3.26. The van der Waals surface area contributed by atoms with Crippen molar-refractivity contribution >= 4 is 17.7 Å². The van der Waals surface area contributed by atoms with Gasteiger partial charge in [0, 0.05) is 50.9 Å². The average Bonchev–Trinajstić information content (AvgIpc) is 2.76. The number of hydrogen-bond acceptors (Lipinski definition) is 5. The van der Waals surface area contributed by atoms with Gasteiger partial charge in [0.2, 0.25) is 5.91 Å². The monoisotopic (exact) mass is 409 g/mol. The molecule has 0 aliphatic carbocycles. The lowest BCUT2D eigenvalue weighted by Gasteiger charge is -2.26. The maximum Gasteiger partial charge on any atom is 0.269 e. The van der Waals surface area contributed by atoms with E-state index in [-0.39, 0.29) is 23.4 Å². The Balaban J connectivity index is 1.62. The first-order valence-electron chi connectivity index (χ1n) is 10.1. The number of rotatable bonds is 8. The van der Waals surface area contributed by atoms with Crippen molar-refractivity contribution in [1.82, 2.24) is 25.8 Å². The van der Waals surface area contributed by atoms with Gasteiger partial charge in [-0.25, -0.2) is 4.98 Å². The quantitative estimate of drug-likeness (QED) is 0.554. The molecule has 0 spiro atoms. The van der Waals surface area contributed by atoms with Crippen molar-refractivity contribution in [3.05, 3.63) is 65.0 Å². The van der Waals surface area contributed by atoms with Crippen LogP contribution in [0.25, 0.3) is 0 Å². The van der Waals surface area contributed by atoms with Gasteiger partial charge in [0.25, 0.3) is 11.8 Å². The van der Waals surface area contributed by atoms with Crippen LogP contribution in [0.15, 0.2) is 42.5 Å². The number of amides is 3. The van der Waals surface area contributed by atoms with Crippen LogP contribution in [-0.4, -0.2) is 67.4 Å². The largest absolute Gasteiger partial charge is 0.354 e. The van der Waals surface area contributed by atoms with E-state index < -0.39 is 0 Å². The Bertz CT molecular complexity index is 901. The highest BCUT2D eigenvalue weighted by molar-refractivity contribution is 5.98. The van der Waals surface area contributed by atoms with Gasteiger partial charge in [0.1, 0.15) is 5.69 Å². The second-order valence-corrected chi connectivity index (χ2v) is 7.21. The molecular weight excluding hydrogens is 382 g/mol. The molecule has 1 saturated heterocycles. The maximum absolute atomic E-state index is 12.7. The first kappa shape index (κ1) is 21.4. The molecule has 0 radical (unpaired) electrons. The highest BCUT2D eigenvalue weighted by Crippen LogP contribution is 2.12. The molecule has 3 amide bonds. The van der Waals surface area contributed by atoms with Crippen LogP contribution in [0, 0.1) is 0 Å². The Morgan fingerprint density at radius 2 is 1.97 bits per heavy atom. The second-order valence-electron chi connectivity index (χ2n) is 7.21. The summed E-state index contributed by atoms with van der Waals surface area (Å²) in [7, 11) is 1.54. The number of nitrogens with one attached hydrogen (secondary N) is 3. The van der Waals surface area contributed by atoms with E-state index in [4.69, 9.17) is 0 Å². The lowest BCUT2D eigenvalue weighted by Crippen LogP contribution is -2.48. The zero-order valence-corrected chi connectivity index (χ0v) is 17.1. The van der Waals surface area contributed by atoms with Crippen LogP contribution in [0.3, 0.4) is 0 Å². The van der Waals surface area contributed by atoms with Gasteiger partial charge in [-0.1, -0.05) is 30.3 Å². The van der Waals surface area contributed by atoms with E-state index in [2.05, 4.69) is 25.8 Å². The molecule has 158 valence electrons. The molecule has 0 unspecified atom stereocenters. The van der Waals surface area contributed by atoms with Crippen LogP contribution >= 0.6 is 0 Å². The van der Waals surface area contributed by atoms with Crippen LogP contribution in [0.1, 0.15) is 38.5 Å². The predicted octanol–water partition coefficient (Wildman–Crippen LogP) is 0.584. The third-order valence-electron chi connectivity index (χ3n) is 4.88. The normalized spacial score (nSPS) is 14.1. The molecule has 3 N–H and O–H groups in total. The number of nitrogens with zero attached hydrogens (tertiary/aromatic N) is 2. The van der Waals surface area contributed by atoms with Gasteiger partial charge >= 0.3 is 0 Å². The summed E-state index contributed by atoms with van der Waals surface area (Å²) in [6.07, 6.45) is 1.27. The van der Waals surface area contributed by atoms with Crippen molar-refractivity contribution in [3.8, 4) is 0 Å². The fourth-order valence-corrected chi connectivity index (χ4v) is 3.35. The highest BCUT2D eigenvalue weighted by Gasteiger charge is 2.16. The summed E-state index contributed by atoms with van der Waals surface area (Å²) < 4.78 is 0. The van der Waals surface area contributed by atoms with Crippen LogP contribution < -0.4 is 16.0 Å². The molecule has 3 rings (SSSR count). The minimum absolute atomic E-state index is 0.0368. The fraction of sp³-hybridized carbons (Fsp3) is 0.364. The van der Waals surface area contributed by atoms with Crippen molar-refractivity contribution in [2.45, 2.75) is 12.8 Å². The zero-order chi connectivity index (χ0) is 21.3.